The Morgan fingerprint density at radius 2 is 1.24 bits per heavy atom. The minimum absolute atomic E-state index is 0.723. The fourth-order valence-electron chi connectivity index (χ4n) is 1.90. The van der Waals surface area contributed by atoms with E-state index in [0.717, 1.165) is 22.9 Å². The van der Waals surface area contributed by atoms with E-state index in [1.165, 1.54) is 0 Å². The quantitative estimate of drug-likeness (QED) is 0.720. The maximum Gasteiger partial charge on any atom is 0.667 e. The molecule has 2 aliphatic rings. The van der Waals surface area contributed by atoms with Crippen LogP contribution in [-0.4, -0.2) is 0 Å². The molecule has 1 N–H and O–H groups in total. The van der Waals surface area contributed by atoms with Gasteiger partial charge in [0, 0.05) is 0 Å². The molecule has 0 aliphatic carbocycles. The molecule has 0 radical (unpaired) electrons. The van der Waals surface area contributed by atoms with Crippen LogP contribution < -0.4 is 18.7 Å². The molecule has 4 rings (SSSR count). The highest BCUT2D eigenvalue weighted by molar-refractivity contribution is 7.65. The van der Waals surface area contributed by atoms with Gasteiger partial charge in [-0.3, -0.25) is 4.52 Å². The minimum atomic E-state index is -2.51. The molecule has 0 saturated carbocycles. The van der Waals surface area contributed by atoms with E-state index >= 15 is 0 Å². The molecule has 0 aromatic heterocycles. The summed E-state index contributed by atoms with van der Waals surface area (Å²) in [5.74, 6) is 2.22. The van der Waals surface area contributed by atoms with E-state index in [2.05, 4.69) is 5.09 Å². The highest BCUT2D eigenvalue weighted by Crippen LogP contribution is 2.70. The van der Waals surface area contributed by atoms with Gasteiger partial charge < -0.3 is 0 Å². The fraction of sp³-hybridized carbons (Fsp3) is 0. The van der Waals surface area contributed by atoms with Gasteiger partial charge in [-0.1, -0.05) is 24.3 Å². The van der Waals surface area contributed by atoms with Crippen molar-refractivity contribution in [2.24, 2.45) is 0 Å². The van der Waals surface area contributed by atoms with Gasteiger partial charge in [0.15, 0.2) is 0 Å². The lowest BCUT2D eigenvalue weighted by molar-refractivity contribution is 0.419. The third kappa shape index (κ3) is 1.28. The van der Waals surface area contributed by atoms with E-state index in [-0.39, 0.29) is 0 Å². The molecule has 1 spiro atoms. The Balaban J connectivity index is 1.72. The molecule has 5 heteroatoms. The van der Waals surface area contributed by atoms with Gasteiger partial charge in [0.1, 0.15) is 5.69 Å². The van der Waals surface area contributed by atoms with Crippen LogP contribution in [-0.2, 0) is 0 Å². The lowest BCUT2D eigenvalue weighted by Crippen LogP contribution is -2.11. The van der Waals surface area contributed by atoms with Crippen LogP contribution in [0.4, 0.5) is 5.69 Å². The highest BCUT2D eigenvalue weighted by Gasteiger charge is 2.61. The number of benzene rings is 2. The number of anilines is 1. The molecule has 0 atom stereocenters. The molecule has 0 unspecified atom stereocenters. The average molecular weight is 246 g/mol. The molecule has 2 aromatic carbocycles. The van der Waals surface area contributed by atoms with E-state index in [4.69, 9.17) is 13.6 Å². The first-order valence-electron chi connectivity index (χ1n) is 5.29. The summed E-state index contributed by atoms with van der Waals surface area (Å²) in [5, 5.41) is 3.20. The Bertz CT molecular complexity index is 495. The molecule has 0 saturated heterocycles. The molecule has 0 amide bonds. The van der Waals surface area contributed by atoms with Crippen molar-refractivity contribution in [3.63, 3.8) is 0 Å². The normalized spacial score (nSPS) is 17.4. The monoisotopic (exact) mass is 246 g/mol. The Morgan fingerprint density at radius 1 is 0.706 bits per heavy atom. The molecule has 84 valence electrons. The lowest BCUT2D eigenvalue weighted by Gasteiger charge is -2.06. The van der Waals surface area contributed by atoms with Gasteiger partial charge in [0.25, 0.3) is 0 Å². The van der Waals surface area contributed by atoms with Crippen molar-refractivity contribution in [3.8, 4) is 17.2 Å². The van der Waals surface area contributed by atoms with Crippen LogP contribution in [0.5, 0.6) is 17.2 Å². The van der Waals surface area contributed by atoms with Gasteiger partial charge in [-0.15, -0.1) is 0 Å². The van der Waals surface area contributed by atoms with Crippen LogP contribution in [0.3, 0.4) is 0 Å². The minimum Gasteiger partial charge on any atom is -0.251 e. The largest absolute Gasteiger partial charge is 0.667 e. The van der Waals surface area contributed by atoms with Crippen molar-refractivity contribution in [3.05, 3.63) is 48.5 Å². The van der Waals surface area contributed by atoms with Crippen LogP contribution >= 0.6 is 8.09 Å². The first-order valence-corrected chi connectivity index (χ1v) is 6.83. The zero-order valence-electron chi connectivity index (χ0n) is 8.79. The fourth-order valence-corrected chi connectivity index (χ4v) is 3.87. The van der Waals surface area contributed by atoms with E-state index in [1.54, 1.807) is 0 Å². The zero-order chi connectivity index (χ0) is 11.3. The molecule has 2 aromatic rings. The van der Waals surface area contributed by atoms with Gasteiger partial charge in [0.05, 0.1) is 0 Å². The van der Waals surface area contributed by atoms with Crippen LogP contribution in [0.1, 0.15) is 0 Å². The standard InChI is InChI=1S/C12H9NO3P/c1-2-6-10-9(5-1)13-17(14-10)15-11-7-3-4-8-12(11)16-17/h1-8,13H/q+1. The van der Waals surface area contributed by atoms with Crippen molar-refractivity contribution in [1.29, 1.82) is 0 Å². The maximum absolute atomic E-state index is 5.79. The maximum atomic E-state index is 5.79. The zero-order valence-corrected chi connectivity index (χ0v) is 9.69. The van der Waals surface area contributed by atoms with Crippen molar-refractivity contribution in [1.82, 2.24) is 0 Å². The van der Waals surface area contributed by atoms with Gasteiger partial charge >= 0.3 is 8.09 Å². The summed E-state index contributed by atoms with van der Waals surface area (Å²) in [6.45, 7) is 0. The third-order valence-corrected chi connectivity index (χ3v) is 4.48. The molecular weight excluding hydrogens is 237 g/mol. The molecule has 0 fully saturated rings. The number of hydrogen-bond acceptors (Lipinski definition) is 4. The smallest absolute Gasteiger partial charge is 0.251 e. The van der Waals surface area contributed by atoms with E-state index in [0.29, 0.717) is 0 Å². The van der Waals surface area contributed by atoms with Crippen LogP contribution in [0, 0.1) is 0 Å². The summed E-state index contributed by atoms with van der Waals surface area (Å²) in [5.41, 5.74) is 0.911. The van der Waals surface area contributed by atoms with Gasteiger partial charge in [-0.25, -0.2) is 9.05 Å². The van der Waals surface area contributed by atoms with Crippen LogP contribution in [0.25, 0.3) is 0 Å². The van der Waals surface area contributed by atoms with E-state index in [1.807, 2.05) is 48.5 Å². The van der Waals surface area contributed by atoms with Crippen molar-refractivity contribution >= 4 is 13.8 Å². The van der Waals surface area contributed by atoms with Crippen molar-refractivity contribution < 1.29 is 13.6 Å². The summed E-state index contributed by atoms with van der Waals surface area (Å²) in [6, 6.07) is 15.3. The molecule has 17 heavy (non-hydrogen) atoms. The van der Waals surface area contributed by atoms with Crippen LogP contribution in [0.15, 0.2) is 48.5 Å². The first-order chi connectivity index (χ1) is 8.35. The Morgan fingerprint density at radius 3 is 1.88 bits per heavy atom. The second kappa shape index (κ2) is 3.05. The second-order valence-electron chi connectivity index (χ2n) is 3.83. The summed E-state index contributed by atoms with van der Waals surface area (Å²) in [6.07, 6.45) is 0. The predicted molar refractivity (Wildman–Crippen MR) is 65.3 cm³/mol. The number of hydrogen-bond donors (Lipinski definition) is 1. The number of fused-ring (bicyclic) bond motifs is 2. The summed E-state index contributed by atoms with van der Waals surface area (Å²) >= 11 is 0. The van der Waals surface area contributed by atoms with E-state index in [9.17, 15) is 0 Å². The lowest BCUT2D eigenvalue weighted by atomic mass is 10.3. The van der Waals surface area contributed by atoms with Crippen molar-refractivity contribution in [2.75, 3.05) is 5.09 Å². The number of rotatable bonds is 0. The molecule has 4 nitrogen and oxygen atoms in total. The average Bonchev–Trinajstić information content (AvgIpc) is 2.87. The Kier molecular flexibility index (Phi) is 1.64. The second-order valence-corrected chi connectivity index (χ2v) is 5.59. The van der Waals surface area contributed by atoms with Gasteiger partial charge in [-0.05, 0) is 24.3 Å². The van der Waals surface area contributed by atoms with Gasteiger partial charge in [-0.2, -0.15) is 5.09 Å². The van der Waals surface area contributed by atoms with E-state index < -0.39 is 8.09 Å². The molecule has 0 bridgehead atoms. The Labute approximate surface area is 98.8 Å². The highest BCUT2D eigenvalue weighted by atomic mass is 31.2. The SMILES string of the molecule is c1ccc2c(c1)N[P+]1(O2)Oc2ccccc2O1. The third-order valence-electron chi connectivity index (χ3n) is 2.65. The summed E-state index contributed by atoms with van der Waals surface area (Å²) in [4.78, 5) is 0. The van der Waals surface area contributed by atoms with Crippen LogP contribution in [0.2, 0.25) is 0 Å². The summed E-state index contributed by atoms with van der Waals surface area (Å²) < 4.78 is 17.4. The molecule has 2 heterocycles. The predicted octanol–water partition coefficient (Wildman–Crippen LogP) is 3.64. The number of nitrogens with one attached hydrogen (secondary N) is 1. The summed E-state index contributed by atoms with van der Waals surface area (Å²) in [7, 11) is -2.51. The number of para-hydroxylation sites is 4. The Hall–Kier alpha value is -1.93. The van der Waals surface area contributed by atoms with Gasteiger partial charge in [0.2, 0.25) is 17.2 Å². The topological polar surface area (TPSA) is 39.7 Å². The van der Waals surface area contributed by atoms with Crippen molar-refractivity contribution in [2.45, 2.75) is 0 Å². The molecular formula is C12H9NO3P+. The first kappa shape index (κ1) is 9.14. The molecule has 2 aliphatic heterocycles.